The highest BCUT2D eigenvalue weighted by Gasteiger charge is 2.24. The minimum atomic E-state index is -2.92. The van der Waals surface area contributed by atoms with Crippen molar-refractivity contribution in [2.75, 3.05) is 14.2 Å². The highest BCUT2D eigenvalue weighted by atomic mass is 19.3. The summed E-state index contributed by atoms with van der Waals surface area (Å²) in [7, 11) is 2.49. The molecule has 0 aromatic heterocycles. The molecule has 1 rings (SSSR count). The number of rotatable bonds is 4. The molecule has 1 aromatic carbocycles. The van der Waals surface area contributed by atoms with E-state index in [1.54, 1.807) is 0 Å². The lowest BCUT2D eigenvalue weighted by atomic mass is 10.1. The minimum absolute atomic E-state index is 0.152. The van der Waals surface area contributed by atoms with Crippen LogP contribution in [0.5, 0.6) is 11.5 Å². The number of hydrogen-bond donors (Lipinski definition) is 1. The van der Waals surface area contributed by atoms with Gasteiger partial charge >= 0.3 is 5.97 Å². The third-order valence-electron chi connectivity index (χ3n) is 2.02. The topological polar surface area (TPSA) is 55.8 Å². The average molecular weight is 232 g/mol. The number of carboxylic acids is 1. The van der Waals surface area contributed by atoms with Gasteiger partial charge in [-0.1, -0.05) is 0 Å². The number of methoxy groups -OCH3 is 2. The molecule has 0 aliphatic heterocycles. The molecule has 0 radical (unpaired) electrons. The van der Waals surface area contributed by atoms with Gasteiger partial charge < -0.3 is 14.6 Å². The maximum atomic E-state index is 12.7. The van der Waals surface area contributed by atoms with Crippen molar-refractivity contribution < 1.29 is 28.2 Å². The second-order valence-corrected chi connectivity index (χ2v) is 2.90. The van der Waals surface area contributed by atoms with Crippen molar-refractivity contribution in [1.29, 1.82) is 0 Å². The van der Waals surface area contributed by atoms with Crippen LogP contribution in [0.4, 0.5) is 8.78 Å². The lowest BCUT2D eigenvalue weighted by molar-refractivity contribution is 0.0682. The average Bonchev–Trinajstić information content (AvgIpc) is 2.26. The van der Waals surface area contributed by atoms with Crippen molar-refractivity contribution in [2.45, 2.75) is 6.43 Å². The second-order valence-electron chi connectivity index (χ2n) is 2.90. The number of ether oxygens (including phenoxy) is 2. The first-order chi connectivity index (χ1) is 7.51. The van der Waals surface area contributed by atoms with Gasteiger partial charge in [0.15, 0.2) is 0 Å². The van der Waals surface area contributed by atoms with Crippen molar-refractivity contribution in [2.24, 2.45) is 0 Å². The quantitative estimate of drug-likeness (QED) is 0.865. The molecule has 16 heavy (non-hydrogen) atoms. The normalized spacial score (nSPS) is 10.3. The Bertz CT molecular complexity index is 404. The summed E-state index contributed by atoms with van der Waals surface area (Å²) in [5.41, 5.74) is -1.16. The molecule has 0 bridgehead atoms. The molecule has 0 amide bonds. The van der Waals surface area contributed by atoms with Gasteiger partial charge in [-0.3, -0.25) is 0 Å². The van der Waals surface area contributed by atoms with Crippen molar-refractivity contribution in [3.63, 3.8) is 0 Å². The molecule has 0 aliphatic carbocycles. The molecule has 0 heterocycles. The van der Waals surface area contributed by atoms with Gasteiger partial charge in [0.05, 0.1) is 25.3 Å². The van der Waals surface area contributed by atoms with Gasteiger partial charge in [-0.25, -0.2) is 13.6 Å². The Balaban J connectivity index is 3.47. The standard InChI is InChI=1S/C10H10F2O4/c1-15-5-3-6(10(13)14)8(9(11)12)7(4-5)16-2/h3-4,9H,1-2H3,(H,13,14). The molecular formula is C10H10F2O4. The summed E-state index contributed by atoms with van der Waals surface area (Å²) < 4.78 is 34.9. The predicted molar refractivity (Wildman–Crippen MR) is 51.5 cm³/mol. The largest absolute Gasteiger partial charge is 0.497 e. The molecule has 0 saturated carbocycles. The van der Waals surface area contributed by atoms with Gasteiger partial charge in [-0.15, -0.1) is 0 Å². The number of carboxylic acid groups (broad SMARTS) is 1. The number of aromatic carboxylic acids is 1. The summed E-state index contributed by atoms with van der Waals surface area (Å²) in [6.07, 6.45) is -2.92. The van der Waals surface area contributed by atoms with Gasteiger partial charge in [0.1, 0.15) is 11.5 Å². The number of halogens is 2. The monoisotopic (exact) mass is 232 g/mol. The van der Waals surface area contributed by atoms with E-state index in [1.165, 1.54) is 20.3 Å². The van der Waals surface area contributed by atoms with Crippen molar-refractivity contribution in [3.05, 3.63) is 23.3 Å². The van der Waals surface area contributed by atoms with Gasteiger partial charge in [-0.05, 0) is 6.07 Å². The van der Waals surface area contributed by atoms with Gasteiger partial charge in [-0.2, -0.15) is 0 Å². The first-order valence-electron chi connectivity index (χ1n) is 4.28. The summed E-state index contributed by atoms with van der Waals surface area (Å²) in [6, 6.07) is 2.25. The Morgan fingerprint density at radius 3 is 2.31 bits per heavy atom. The van der Waals surface area contributed by atoms with Crippen LogP contribution in [-0.2, 0) is 0 Å². The Labute approximate surface area is 90.4 Å². The molecule has 88 valence electrons. The summed E-state index contributed by atoms with van der Waals surface area (Å²) in [5, 5.41) is 8.81. The fourth-order valence-corrected chi connectivity index (χ4v) is 1.29. The van der Waals surface area contributed by atoms with E-state index in [2.05, 4.69) is 0 Å². The number of benzene rings is 1. The molecule has 0 aliphatic rings. The molecule has 6 heteroatoms. The molecule has 0 spiro atoms. The number of carbonyl (C=O) groups is 1. The van der Waals surface area contributed by atoms with E-state index in [4.69, 9.17) is 14.6 Å². The van der Waals surface area contributed by atoms with E-state index in [9.17, 15) is 13.6 Å². The molecular weight excluding hydrogens is 222 g/mol. The second kappa shape index (κ2) is 4.78. The van der Waals surface area contributed by atoms with Crippen LogP contribution < -0.4 is 9.47 Å². The van der Waals surface area contributed by atoms with Crippen LogP contribution in [0, 0.1) is 0 Å². The first-order valence-corrected chi connectivity index (χ1v) is 4.28. The molecule has 1 aromatic rings. The van der Waals surface area contributed by atoms with Crippen molar-refractivity contribution in [1.82, 2.24) is 0 Å². The van der Waals surface area contributed by atoms with Crippen molar-refractivity contribution >= 4 is 5.97 Å². The molecule has 4 nitrogen and oxygen atoms in total. The summed E-state index contributed by atoms with van der Waals surface area (Å²) in [6.45, 7) is 0. The SMILES string of the molecule is COc1cc(OC)c(C(F)F)c(C(=O)O)c1. The fourth-order valence-electron chi connectivity index (χ4n) is 1.29. The van der Waals surface area contributed by atoms with E-state index in [-0.39, 0.29) is 11.5 Å². The lowest BCUT2D eigenvalue weighted by Gasteiger charge is -2.12. The summed E-state index contributed by atoms with van der Waals surface area (Å²) >= 11 is 0. The van der Waals surface area contributed by atoms with Crippen LogP contribution in [0.1, 0.15) is 22.3 Å². The third-order valence-corrected chi connectivity index (χ3v) is 2.02. The van der Waals surface area contributed by atoms with Gasteiger partial charge in [0.25, 0.3) is 6.43 Å². The van der Waals surface area contributed by atoms with Crippen LogP contribution in [0.2, 0.25) is 0 Å². The third kappa shape index (κ3) is 2.21. The van der Waals surface area contributed by atoms with Crippen LogP contribution in [0.15, 0.2) is 12.1 Å². The minimum Gasteiger partial charge on any atom is -0.497 e. The molecule has 0 atom stereocenters. The van der Waals surface area contributed by atoms with Crippen molar-refractivity contribution in [3.8, 4) is 11.5 Å². The first kappa shape index (κ1) is 12.2. The lowest BCUT2D eigenvalue weighted by Crippen LogP contribution is -2.06. The number of alkyl halides is 2. The van der Waals surface area contributed by atoms with Crippen LogP contribution >= 0.6 is 0 Å². The summed E-state index contributed by atoms with van der Waals surface area (Å²) in [5.74, 6) is -1.50. The zero-order valence-corrected chi connectivity index (χ0v) is 8.66. The van der Waals surface area contributed by atoms with Gasteiger partial charge in [0, 0.05) is 6.07 Å². The van der Waals surface area contributed by atoms with E-state index in [0.29, 0.717) is 0 Å². The fraction of sp³-hybridized carbons (Fsp3) is 0.300. The van der Waals surface area contributed by atoms with Crippen LogP contribution in [-0.4, -0.2) is 25.3 Å². The Morgan fingerprint density at radius 2 is 1.94 bits per heavy atom. The highest BCUT2D eigenvalue weighted by molar-refractivity contribution is 5.91. The Kier molecular flexibility index (Phi) is 3.65. The molecule has 0 fully saturated rings. The predicted octanol–water partition coefficient (Wildman–Crippen LogP) is 2.34. The summed E-state index contributed by atoms with van der Waals surface area (Å²) in [4.78, 5) is 10.8. The maximum Gasteiger partial charge on any atom is 0.336 e. The van der Waals surface area contributed by atoms with E-state index in [0.717, 1.165) is 6.07 Å². The molecule has 0 saturated heterocycles. The van der Waals surface area contributed by atoms with Crippen LogP contribution in [0.25, 0.3) is 0 Å². The number of hydrogen-bond acceptors (Lipinski definition) is 3. The Hall–Kier alpha value is -1.85. The zero-order chi connectivity index (χ0) is 12.3. The highest BCUT2D eigenvalue weighted by Crippen LogP contribution is 2.35. The van der Waals surface area contributed by atoms with Crippen LogP contribution in [0.3, 0.4) is 0 Å². The van der Waals surface area contributed by atoms with E-state index < -0.39 is 23.5 Å². The zero-order valence-electron chi connectivity index (χ0n) is 8.66. The van der Waals surface area contributed by atoms with E-state index >= 15 is 0 Å². The van der Waals surface area contributed by atoms with Gasteiger partial charge in [0.2, 0.25) is 0 Å². The molecule has 0 unspecified atom stereocenters. The Morgan fingerprint density at radius 1 is 1.31 bits per heavy atom. The maximum absolute atomic E-state index is 12.7. The van der Waals surface area contributed by atoms with E-state index in [1.807, 2.05) is 0 Å². The smallest absolute Gasteiger partial charge is 0.336 e. The molecule has 1 N–H and O–H groups in total.